The van der Waals surface area contributed by atoms with Gasteiger partial charge < -0.3 is 19.4 Å². The Morgan fingerprint density at radius 1 is 0.914 bits per heavy atom. The molecule has 0 aliphatic carbocycles. The summed E-state index contributed by atoms with van der Waals surface area (Å²) >= 11 is 0. The Bertz CT molecular complexity index is 1160. The van der Waals surface area contributed by atoms with Gasteiger partial charge in [-0.2, -0.15) is 0 Å². The monoisotopic (exact) mass is 471 g/mol. The molecule has 1 aromatic heterocycles. The highest BCUT2D eigenvalue weighted by Crippen LogP contribution is 2.32. The van der Waals surface area contributed by atoms with Crippen LogP contribution in [0, 0.1) is 19.8 Å². The van der Waals surface area contributed by atoms with Crippen molar-refractivity contribution < 1.29 is 9.53 Å². The number of para-hydroxylation sites is 1. The van der Waals surface area contributed by atoms with Crippen molar-refractivity contribution in [2.45, 2.75) is 26.7 Å². The summed E-state index contributed by atoms with van der Waals surface area (Å²) in [4.78, 5) is 29.1. The SMILES string of the molecule is Cc1ccc(C)c(N2CCN(C(=O)C3CCCN(c4nccnc4Oc4ccccc4)C3)CC2)c1. The first kappa shape index (κ1) is 23.1. The number of nitrogens with zero attached hydrogens (tertiary/aromatic N) is 5. The maximum Gasteiger partial charge on any atom is 0.263 e. The summed E-state index contributed by atoms with van der Waals surface area (Å²) in [5.41, 5.74) is 3.84. The number of anilines is 2. The van der Waals surface area contributed by atoms with Gasteiger partial charge >= 0.3 is 0 Å². The molecule has 0 bridgehead atoms. The van der Waals surface area contributed by atoms with Gasteiger partial charge in [-0.1, -0.05) is 30.3 Å². The molecule has 0 spiro atoms. The van der Waals surface area contributed by atoms with Gasteiger partial charge in [0, 0.05) is 57.3 Å². The molecule has 182 valence electrons. The molecule has 5 rings (SSSR count). The lowest BCUT2D eigenvalue weighted by Crippen LogP contribution is -2.52. The van der Waals surface area contributed by atoms with Crippen molar-refractivity contribution in [3.63, 3.8) is 0 Å². The van der Waals surface area contributed by atoms with Crippen LogP contribution in [0.1, 0.15) is 24.0 Å². The zero-order valence-corrected chi connectivity index (χ0v) is 20.6. The van der Waals surface area contributed by atoms with Gasteiger partial charge in [-0.15, -0.1) is 0 Å². The summed E-state index contributed by atoms with van der Waals surface area (Å²) in [6, 6.07) is 16.2. The van der Waals surface area contributed by atoms with E-state index in [1.165, 1.54) is 16.8 Å². The molecule has 2 aromatic carbocycles. The maximum atomic E-state index is 13.5. The van der Waals surface area contributed by atoms with Crippen LogP contribution in [0.4, 0.5) is 11.5 Å². The van der Waals surface area contributed by atoms with E-state index in [9.17, 15) is 4.79 Å². The summed E-state index contributed by atoms with van der Waals surface area (Å²) in [6.45, 7) is 9.02. The van der Waals surface area contributed by atoms with Crippen LogP contribution in [0.2, 0.25) is 0 Å². The lowest BCUT2D eigenvalue weighted by molar-refractivity contribution is -0.136. The van der Waals surface area contributed by atoms with E-state index < -0.39 is 0 Å². The second-order valence-corrected chi connectivity index (χ2v) is 9.49. The number of amides is 1. The second kappa shape index (κ2) is 10.3. The second-order valence-electron chi connectivity index (χ2n) is 9.49. The topological polar surface area (TPSA) is 61.8 Å². The van der Waals surface area contributed by atoms with Gasteiger partial charge in [0.05, 0.1) is 5.92 Å². The molecule has 0 radical (unpaired) electrons. The van der Waals surface area contributed by atoms with Gasteiger partial charge in [0.25, 0.3) is 5.88 Å². The third-order valence-corrected chi connectivity index (χ3v) is 6.97. The van der Waals surface area contributed by atoms with Gasteiger partial charge in [0.15, 0.2) is 5.82 Å². The summed E-state index contributed by atoms with van der Waals surface area (Å²) in [5.74, 6) is 2.12. The number of hydrogen-bond acceptors (Lipinski definition) is 6. The fourth-order valence-corrected chi connectivity index (χ4v) is 5.06. The van der Waals surface area contributed by atoms with Crippen LogP contribution >= 0.6 is 0 Å². The third kappa shape index (κ3) is 5.24. The summed E-state index contributed by atoms with van der Waals surface area (Å²) in [5, 5.41) is 0. The molecule has 1 atom stereocenters. The predicted molar refractivity (Wildman–Crippen MR) is 138 cm³/mol. The summed E-state index contributed by atoms with van der Waals surface area (Å²) in [6.07, 6.45) is 5.18. The average molecular weight is 472 g/mol. The molecule has 0 N–H and O–H groups in total. The highest BCUT2D eigenvalue weighted by Gasteiger charge is 2.32. The van der Waals surface area contributed by atoms with E-state index in [1.54, 1.807) is 12.4 Å². The first-order valence-electron chi connectivity index (χ1n) is 12.5. The van der Waals surface area contributed by atoms with Crippen molar-refractivity contribution in [3.8, 4) is 11.6 Å². The number of aryl methyl sites for hydroxylation is 2. The Kier molecular flexibility index (Phi) is 6.84. The van der Waals surface area contributed by atoms with Crippen molar-refractivity contribution in [2.75, 3.05) is 49.1 Å². The lowest BCUT2D eigenvalue weighted by atomic mass is 9.96. The van der Waals surface area contributed by atoms with Crippen molar-refractivity contribution in [3.05, 3.63) is 72.1 Å². The van der Waals surface area contributed by atoms with Crippen LogP contribution in [0.15, 0.2) is 60.9 Å². The molecule has 7 nitrogen and oxygen atoms in total. The molecule has 1 unspecified atom stereocenters. The number of carbonyl (C=O) groups is 1. The minimum atomic E-state index is -0.0393. The zero-order valence-electron chi connectivity index (χ0n) is 20.6. The van der Waals surface area contributed by atoms with Crippen molar-refractivity contribution in [1.29, 1.82) is 0 Å². The van der Waals surface area contributed by atoms with Gasteiger partial charge in [0.2, 0.25) is 5.91 Å². The number of rotatable bonds is 5. The predicted octanol–water partition coefficient (Wildman–Crippen LogP) is 4.45. The molecule has 2 aliphatic rings. The lowest BCUT2D eigenvalue weighted by Gasteiger charge is -2.40. The number of benzene rings is 2. The van der Waals surface area contributed by atoms with E-state index in [0.717, 1.165) is 51.3 Å². The van der Waals surface area contributed by atoms with Crippen molar-refractivity contribution in [1.82, 2.24) is 14.9 Å². The van der Waals surface area contributed by atoms with Crippen LogP contribution in [0.25, 0.3) is 0 Å². The summed E-state index contributed by atoms with van der Waals surface area (Å²) < 4.78 is 6.03. The molecule has 2 saturated heterocycles. The molecular formula is C28H33N5O2. The summed E-state index contributed by atoms with van der Waals surface area (Å²) in [7, 11) is 0. The highest BCUT2D eigenvalue weighted by molar-refractivity contribution is 5.80. The standard InChI is InChI=1S/C28H33N5O2/c1-21-10-11-22(2)25(19-21)31-15-17-32(18-16-31)28(34)23-7-6-14-33(20-23)26-27(30-13-12-29-26)35-24-8-4-3-5-9-24/h3-5,8-13,19,23H,6-7,14-18,20H2,1-2H3. The molecule has 0 saturated carbocycles. The molecular weight excluding hydrogens is 438 g/mol. The number of carbonyl (C=O) groups excluding carboxylic acids is 1. The van der Waals surface area contributed by atoms with Gasteiger partial charge in [0.1, 0.15) is 5.75 Å². The van der Waals surface area contributed by atoms with Crippen molar-refractivity contribution in [2.24, 2.45) is 5.92 Å². The fraction of sp³-hybridized carbons (Fsp3) is 0.393. The fourth-order valence-electron chi connectivity index (χ4n) is 5.06. The smallest absolute Gasteiger partial charge is 0.263 e. The van der Waals surface area contributed by atoms with Gasteiger partial charge in [-0.3, -0.25) is 4.79 Å². The minimum Gasteiger partial charge on any atom is -0.436 e. The quantitative estimate of drug-likeness (QED) is 0.548. The Labute approximate surface area is 207 Å². The molecule has 3 heterocycles. The highest BCUT2D eigenvalue weighted by atomic mass is 16.5. The van der Waals surface area contributed by atoms with E-state index in [2.05, 4.69) is 51.8 Å². The molecule has 1 amide bonds. The average Bonchev–Trinajstić information content (AvgIpc) is 2.91. The van der Waals surface area contributed by atoms with Crippen LogP contribution in [0.3, 0.4) is 0 Å². The van der Waals surface area contributed by atoms with Crippen LogP contribution in [-0.4, -0.2) is 60.0 Å². The van der Waals surface area contributed by atoms with E-state index >= 15 is 0 Å². The number of aromatic nitrogens is 2. The third-order valence-electron chi connectivity index (χ3n) is 6.97. The van der Waals surface area contributed by atoms with E-state index in [0.29, 0.717) is 18.2 Å². The van der Waals surface area contributed by atoms with Crippen molar-refractivity contribution >= 4 is 17.4 Å². The van der Waals surface area contributed by atoms with E-state index in [1.807, 2.05) is 35.2 Å². The van der Waals surface area contributed by atoms with E-state index in [-0.39, 0.29) is 11.8 Å². The minimum absolute atomic E-state index is 0.0393. The van der Waals surface area contributed by atoms with Gasteiger partial charge in [-0.25, -0.2) is 9.97 Å². The first-order valence-corrected chi connectivity index (χ1v) is 12.5. The zero-order chi connectivity index (χ0) is 24.2. The van der Waals surface area contributed by atoms with Gasteiger partial charge in [-0.05, 0) is 56.0 Å². The molecule has 2 fully saturated rings. The van der Waals surface area contributed by atoms with Crippen LogP contribution < -0.4 is 14.5 Å². The Morgan fingerprint density at radius 3 is 2.49 bits per heavy atom. The number of hydrogen-bond donors (Lipinski definition) is 0. The Morgan fingerprint density at radius 2 is 1.69 bits per heavy atom. The molecule has 35 heavy (non-hydrogen) atoms. The normalized spacial score (nSPS) is 18.5. The number of piperazine rings is 1. The Balaban J connectivity index is 1.23. The molecule has 3 aromatic rings. The van der Waals surface area contributed by atoms with Crippen LogP contribution in [0.5, 0.6) is 11.6 Å². The van der Waals surface area contributed by atoms with E-state index in [4.69, 9.17) is 4.74 Å². The Hall–Kier alpha value is -3.61. The number of ether oxygens (including phenoxy) is 1. The maximum absolute atomic E-state index is 13.5. The first-order chi connectivity index (χ1) is 17.1. The van der Waals surface area contributed by atoms with Crippen LogP contribution in [-0.2, 0) is 4.79 Å². The number of piperidine rings is 1. The largest absolute Gasteiger partial charge is 0.436 e. The molecule has 7 heteroatoms. The molecule has 2 aliphatic heterocycles.